The quantitative estimate of drug-likeness (QED) is 0.863. The van der Waals surface area contributed by atoms with Gasteiger partial charge >= 0.3 is 0 Å². The average molecular weight is 242 g/mol. The molecule has 0 heterocycles. The van der Waals surface area contributed by atoms with Gasteiger partial charge in [-0.1, -0.05) is 36.4 Å². The molecule has 0 aliphatic heterocycles. The fraction of sp³-hybridized carbons (Fsp3) is 0.250. The highest BCUT2D eigenvalue weighted by molar-refractivity contribution is 5.72. The number of aliphatic hydroxyl groups is 1. The second-order valence-electron chi connectivity index (χ2n) is 4.50. The van der Waals surface area contributed by atoms with Crippen molar-refractivity contribution in [3.8, 4) is 16.9 Å². The van der Waals surface area contributed by atoms with Crippen molar-refractivity contribution in [1.29, 1.82) is 0 Å². The van der Waals surface area contributed by atoms with E-state index in [1.807, 2.05) is 49.4 Å². The van der Waals surface area contributed by atoms with Crippen LogP contribution in [0.4, 0.5) is 0 Å². The van der Waals surface area contributed by atoms with Crippen molar-refractivity contribution in [3.63, 3.8) is 0 Å². The molecular formula is C16H18O2. The molecule has 18 heavy (non-hydrogen) atoms. The summed E-state index contributed by atoms with van der Waals surface area (Å²) in [6, 6.07) is 13.9. The van der Waals surface area contributed by atoms with Crippen molar-refractivity contribution in [1.82, 2.24) is 0 Å². The maximum Gasteiger partial charge on any atom is 0.126 e. The van der Waals surface area contributed by atoms with E-state index < -0.39 is 0 Å². The van der Waals surface area contributed by atoms with Gasteiger partial charge in [0.2, 0.25) is 0 Å². The summed E-state index contributed by atoms with van der Waals surface area (Å²) in [6.45, 7) is 2.10. The van der Waals surface area contributed by atoms with Gasteiger partial charge in [-0.15, -0.1) is 0 Å². The largest absolute Gasteiger partial charge is 0.507 e. The van der Waals surface area contributed by atoms with Gasteiger partial charge < -0.3 is 10.2 Å². The molecule has 2 aromatic rings. The zero-order valence-corrected chi connectivity index (χ0v) is 10.6. The van der Waals surface area contributed by atoms with Crippen LogP contribution in [0.15, 0.2) is 42.5 Å². The number of aryl methyl sites for hydroxylation is 2. The molecule has 0 saturated carbocycles. The summed E-state index contributed by atoms with van der Waals surface area (Å²) in [5.41, 5.74) is 3.91. The van der Waals surface area contributed by atoms with Crippen LogP contribution < -0.4 is 0 Å². The van der Waals surface area contributed by atoms with Crippen LogP contribution in [0.1, 0.15) is 17.5 Å². The first-order valence-electron chi connectivity index (χ1n) is 6.21. The molecule has 0 radical (unpaired) electrons. The van der Waals surface area contributed by atoms with Crippen molar-refractivity contribution < 1.29 is 10.2 Å². The Hall–Kier alpha value is -1.80. The highest BCUT2D eigenvalue weighted by Gasteiger charge is 2.08. The number of aliphatic hydroxyl groups excluding tert-OH is 1. The van der Waals surface area contributed by atoms with E-state index in [9.17, 15) is 5.11 Å². The molecule has 0 spiro atoms. The molecule has 0 fully saturated rings. The number of hydrogen-bond donors (Lipinski definition) is 2. The standard InChI is InChI=1S/C16H18O2/c1-12-10-13(6-5-9-17)11-15(16(12)18)14-7-3-2-4-8-14/h2-4,7-8,10-11,17-18H,5-6,9H2,1H3. The summed E-state index contributed by atoms with van der Waals surface area (Å²) in [5, 5.41) is 19.0. The molecular weight excluding hydrogens is 224 g/mol. The van der Waals surface area contributed by atoms with Gasteiger partial charge in [0, 0.05) is 12.2 Å². The molecule has 94 valence electrons. The molecule has 0 aromatic heterocycles. The SMILES string of the molecule is Cc1cc(CCCO)cc(-c2ccccc2)c1O. The van der Waals surface area contributed by atoms with Crippen molar-refractivity contribution in [2.75, 3.05) is 6.61 Å². The summed E-state index contributed by atoms with van der Waals surface area (Å²) in [4.78, 5) is 0. The Morgan fingerprint density at radius 1 is 1.06 bits per heavy atom. The van der Waals surface area contributed by atoms with E-state index in [2.05, 4.69) is 0 Å². The normalized spacial score (nSPS) is 10.6. The van der Waals surface area contributed by atoms with Gasteiger partial charge in [-0.3, -0.25) is 0 Å². The summed E-state index contributed by atoms with van der Waals surface area (Å²) in [7, 11) is 0. The zero-order valence-electron chi connectivity index (χ0n) is 10.6. The van der Waals surface area contributed by atoms with E-state index in [1.165, 1.54) is 0 Å². The number of phenols is 1. The Balaban J connectivity index is 2.43. The van der Waals surface area contributed by atoms with Gasteiger partial charge in [-0.2, -0.15) is 0 Å². The smallest absolute Gasteiger partial charge is 0.126 e. The van der Waals surface area contributed by atoms with Gasteiger partial charge in [0.1, 0.15) is 5.75 Å². The van der Waals surface area contributed by atoms with Crippen LogP contribution in [-0.2, 0) is 6.42 Å². The maximum atomic E-state index is 10.2. The van der Waals surface area contributed by atoms with Crippen LogP contribution in [0.3, 0.4) is 0 Å². The van der Waals surface area contributed by atoms with E-state index in [-0.39, 0.29) is 6.61 Å². The third kappa shape index (κ3) is 2.71. The first kappa shape index (κ1) is 12.7. The van der Waals surface area contributed by atoms with E-state index in [1.54, 1.807) is 0 Å². The minimum absolute atomic E-state index is 0.195. The average Bonchev–Trinajstić information content (AvgIpc) is 2.41. The predicted molar refractivity (Wildman–Crippen MR) is 73.7 cm³/mol. The zero-order chi connectivity index (χ0) is 13.0. The highest BCUT2D eigenvalue weighted by atomic mass is 16.3. The predicted octanol–water partition coefficient (Wildman–Crippen LogP) is 3.29. The Labute approximate surface area is 108 Å². The molecule has 0 aliphatic rings. The first-order valence-corrected chi connectivity index (χ1v) is 6.21. The van der Waals surface area contributed by atoms with Crippen LogP contribution in [-0.4, -0.2) is 16.8 Å². The van der Waals surface area contributed by atoms with E-state index in [0.717, 1.165) is 35.1 Å². The van der Waals surface area contributed by atoms with E-state index >= 15 is 0 Å². The van der Waals surface area contributed by atoms with Crippen molar-refractivity contribution in [2.45, 2.75) is 19.8 Å². The van der Waals surface area contributed by atoms with Crippen LogP contribution in [0, 0.1) is 6.92 Å². The van der Waals surface area contributed by atoms with Crippen LogP contribution >= 0.6 is 0 Å². The number of hydrogen-bond acceptors (Lipinski definition) is 2. The molecule has 2 rings (SSSR count). The summed E-state index contributed by atoms with van der Waals surface area (Å²) in [5.74, 6) is 0.342. The lowest BCUT2D eigenvalue weighted by atomic mass is 9.97. The van der Waals surface area contributed by atoms with E-state index in [0.29, 0.717) is 5.75 Å². The molecule has 0 aliphatic carbocycles. The van der Waals surface area contributed by atoms with Gasteiger partial charge in [0.15, 0.2) is 0 Å². The van der Waals surface area contributed by atoms with E-state index in [4.69, 9.17) is 5.11 Å². The van der Waals surface area contributed by atoms with Gasteiger partial charge in [-0.25, -0.2) is 0 Å². The molecule has 0 saturated heterocycles. The Kier molecular flexibility index (Phi) is 4.00. The number of phenolic OH excluding ortho intramolecular Hbond substituents is 1. The van der Waals surface area contributed by atoms with Gasteiger partial charge in [-0.05, 0) is 42.5 Å². The van der Waals surface area contributed by atoms with Crippen LogP contribution in [0.25, 0.3) is 11.1 Å². The van der Waals surface area contributed by atoms with Gasteiger partial charge in [0.05, 0.1) is 0 Å². The van der Waals surface area contributed by atoms with Crippen molar-refractivity contribution >= 4 is 0 Å². The van der Waals surface area contributed by atoms with Crippen LogP contribution in [0.2, 0.25) is 0 Å². The lowest BCUT2D eigenvalue weighted by molar-refractivity contribution is 0.288. The number of benzene rings is 2. The number of aromatic hydroxyl groups is 1. The fourth-order valence-electron chi connectivity index (χ4n) is 2.12. The molecule has 2 nitrogen and oxygen atoms in total. The van der Waals surface area contributed by atoms with Crippen molar-refractivity contribution in [2.24, 2.45) is 0 Å². The second kappa shape index (κ2) is 5.69. The Morgan fingerprint density at radius 2 is 1.78 bits per heavy atom. The molecule has 0 atom stereocenters. The minimum Gasteiger partial charge on any atom is -0.507 e. The maximum absolute atomic E-state index is 10.2. The monoisotopic (exact) mass is 242 g/mol. The third-order valence-electron chi connectivity index (χ3n) is 3.07. The third-order valence-corrected chi connectivity index (χ3v) is 3.07. The first-order chi connectivity index (χ1) is 8.72. The summed E-state index contributed by atoms with van der Waals surface area (Å²) >= 11 is 0. The fourth-order valence-corrected chi connectivity index (χ4v) is 2.12. The molecule has 0 bridgehead atoms. The topological polar surface area (TPSA) is 40.5 Å². The molecule has 2 heteroatoms. The second-order valence-corrected chi connectivity index (χ2v) is 4.50. The van der Waals surface area contributed by atoms with Gasteiger partial charge in [0.25, 0.3) is 0 Å². The molecule has 0 amide bonds. The Morgan fingerprint density at radius 3 is 2.44 bits per heavy atom. The van der Waals surface area contributed by atoms with Crippen molar-refractivity contribution in [3.05, 3.63) is 53.6 Å². The lowest BCUT2D eigenvalue weighted by Crippen LogP contribution is -1.92. The number of rotatable bonds is 4. The molecule has 2 aromatic carbocycles. The Bertz CT molecular complexity index is 518. The summed E-state index contributed by atoms with van der Waals surface area (Å²) in [6.07, 6.45) is 1.58. The highest BCUT2D eigenvalue weighted by Crippen LogP contribution is 2.33. The lowest BCUT2D eigenvalue weighted by Gasteiger charge is -2.11. The molecule has 0 unspecified atom stereocenters. The summed E-state index contributed by atoms with van der Waals surface area (Å²) < 4.78 is 0. The van der Waals surface area contributed by atoms with Crippen LogP contribution in [0.5, 0.6) is 5.75 Å². The molecule has 2 N–H and O–H groups in total. The minimum atomic E-state index is 0.195.